The number of aryl methyl sites for hydroxylation is 1. The van der Waals surface area contributed by atoms with Crippen molar-refractivity contribution in [3.63, 3.8) is 0 Å². The number of nitrogens with zero attached hydrogens (tertiary/aromatic N) is 3. The lowest BCUT2D eigenvalue weighted by molar-refractivity contribution is -0.137. The largest absolute Gasteiger partial charge is 0.417 e. The van der Waals surface area contributed by atoms with E-state index >= 15 is 0 Å². The van der Waals surface area contributed by atoms with E-state index in [-0.39, 0.29) is 11.6 Å². The van der Waals surface area contributed by atoms with E-state index in [1.807, 2.05) is 19.9 Å². The molecule has 28 heavy (non-hydrogen) atoms. The Hall–Kier alpha value is -2.88. The van der Waals surface area contributed by atoms with Gasteiger partial charge in [0.1, 0.15) is 11.6 Å². The van der Waals surface area contributed by atoms with Gasteiger partial charge in [0.05, 0.1) is 11.3 Å². The summed E-state index contributed by atoms with van der Waals surface area (Å²) in [6.45, 7) is 3.81. The number of aromatic nitrogens is 1. The fraction of sp³-hybridized carbons (Fsp3) is 0.381. The quantitative estimate of drug-likeness (QED) is 0.717. The standard InChI is InChI=1S/C21H20F3N3O/c1-13-6-5-8-15(10-13)19-11-17(21(22,23)24)16(12-25)20(28)27(19)26-18-9-4-3-7-14(18)2/h5-6,8,10-11,14H,3-4,7,9H2,1-2H3. The SMILES string of the molecule is Cc1cccc(-c2cc(C(F)(F)F)c(C#N)c(=O)n2N=C2CCCCC2C)c1. The van der Waals surface area contributed by atoms with Crippen LogP contribution in [-0.4, -0.2) is 10.4 Å². The van der Waals surface area contributed by atoms with E-state index in [4.69, 9.17) is 0 Å². The lowest BCUT2D eigenvalue weighted by atomic mass is 9.89. The zero-order chi connectivity index (χ0) is 20.5. The minimum atomic E-state index is -4.81. The van der Waals surface area contributed by atoms with Crippen molar-refractivity contribution in [1.29, 1.82) is 5.26 Å². The van der Waals surface area contributed by atoms with Crippen molar-refractivity contribution in [2.24, 2.45) is 11.0 Å². The number of hydrogen-bond donors (Lipinski definition) is 0. The Morgan fingerprint density at radius 1 is 1.25 bits per heavy atom. The van der Waals surface area contributed by atoms with Crippen molar-refractivity contribution in [1.82, 2.24) is 4.68 Å². The Bertz CT molecular complexity index is 1030. The van der Waals surface area contributed by atoms with Gasteiger partial charge in [0.15, 0.2) is 0 Å². The topological polar surface area (TPSA) is 58.1 Å². The molecule has 1 fully saturated rings. The third kappa shape index (κ3) is 3.86. The first-order valence-corrected chi connectivity index (χ1v) is 9.14. The van der Waals surface area contributed by atoms with Crippen LogP contribution in [0, 0.1) is 24.2 Å². The molecule has 1 heterocycles. The fourth-order valence-electron chi connectivity index (χ4n) is 3.49. The molecule has 0 saturated heterocycles. The normalized spacial score (nSPS) is 18.9. The van der Waals surface area contributed by atoms with E-state index in [0.29, 0.717) is 12.0 Å². The van der Waals surface area contributed by atoms with E-state index < -0.39 is 22.9 Å². The smallest absolute Gasteiger partial charge is 0.266 e. The van der Waals surface area contributed by atoms with Gasteiger partial charge in [0, 0.05) is 11.3 Å². The van der Waals surface area contributed by atoms with Crippen LogP contribution in [-0.2, 0) is 6.18 Å². The van der Waals surface area contributed by atoms with Crippen LogP contribution in [0.2, 0.25) is 0 Å². The monoisotopic (exact) mass is 387 g/mol. The molecule has 7 heteroatoms. The third-order valence-electron chi connectivity index (χ3n) is 5.03. The van der Waals surface area contributed by atoms with Crippen molar-refractivity contribution in [2.45, 2.75) is 45.7 Å². The highest BCUT2D eigenvalue weighted by molar-refractivity contribution is 5.87. The van der Waals surface area contributed by atoms with Crippen LogP contribution >= 0.6 is 0 Å². The third-order valence-corrected chi connectivity index (χ3v) is 5.03. The van der Waals surface area contributed by atoms with E-state index in [0.717, 1.165) is 41.3 Å². The van der Waals surface area contributed by atoms with E-state index in [1.165, 1.54) is 6.07 Å². The summed E-state index contributed by atoms with van der Waals surface area (Å²) in [6, 6.07) is 9.13. The van der Waals surface area contributed by atoms with Crippen molar-refractivity contribution < 1.29 is 13.2 Å². The molecule has 0 N–H and O–H groups in total. The number of pyridine rings is 1. The van der Waals surface area contributed by atoms with Gasteiger partial charge in [-0.25, -0.2) is 0 Å². The van der Waals surface area contributed by atoms with Crippen LogP contribution < -0.4 is 5.56 Å². The average molecular weight is 387 g/mol. The average Bonchev–Trinajstić information content (AvgIpc) is 2.63. The first kappa shape index (κ1) is 19.9. The van der Waals surface area contributed by atoms with Gasteiger partial charge in [-0.15, -0.1) is 0 Å². The van der Waals surface area contributed by atoms with Crippen LogP contribution in [0.5, 0.6) is 0 Å². The highest BCUT2D eigenvalue weighted by atomic mass is 19.4. The molecular weight excluding hydrogens is 367 g/mol. The van der Waals surface area contributed by atoms with Crippen molar-refractivity contribution >= 4 is 5.71 Å². The number of alkyl halides is 3. The molecule has 0 aliphatic heterocycles. The maximum absolute atomic E-state index is 13.5. The number of nitriles is 1. The van der Waals surface area contributed by atoms with Gasteiger partial charge in [-0.3, -0.25) is 4.79 Å². The Kier molecular flexibility index (Phi) is 5.41. The molecule has 1 aromatic heterocycles. The van der Waals surface area contributed by atoms with Crippen LogP contribution in [0.4, 0.5) is 13.2 Å². The molecule has 1 aromatic carbocycles. The molecule has 2 aromatic rings. The number of halogens is 3. The molecule has 0 spiro atoms. The van der Waals surface area contributed by atoms with Crippen LogP contribution in [0.3, 0.4) is 0 Å². The van der Waals surface area contributed by atoms with Gasteiger partial charge in [-0.05, 0) is 44.2 Å². The van der Waals surface area contributed by atoms with Crippen molar-refractivity contribution in [2.75, 3.05) is 0 Å². The second-order valence-corrected chi connectivity index (χ2v) is 7.15. The predicted octanol–water partition coefficient (Wildman–Crippen LogP) is 5.13. The summed E-state index contributed by atoms with van der Waals surface area (Å²) < 4.78 is 41.5. The Labute approximate surface area is 160 Å². The van der Waals surface area contributed by atoms with Crippen molar-refractivity contribution in [3.8, 4) is 17.3 Å². The molecule has 1 saturated carbocycles. The summed E-state index contributed by atoms with van der Waals surface area (Å²) in [7, 11) is 0. The highest BCUT2D eigenvalue weighted by Crippen LogP contribution is 2.34. The Balaban J connectivity index is 2.35. The summed E-state index contributed by atoms with van der Waals surface area (Å²) in [4.78, 5) is 12.9. The first-order valence-electron chi connectivity index (χ1n) is 9.14. The summed E-state index contributed by atoms with van der Waals surface area (Å²) >= 11 is 0. The second kappa shape index (κ2) is 7.63. The molecule has 0 bridgehead atoms. The summed E-state index contributed by atoms with van der Waals surface area (Å²) in [6.07, 6.45) is -1.24. The van der Waals surface area contributed by atoms with Crippen LogP contribution in [0.25, 0.3) is 11.3 Å². The lowest BCUT2D eigenvalue weighted by Gasteiger charge is -2.21. The van der Waals surface area contributed by atoms with Gasteiger partial charge in [0.25, 0.3) is 5.56 Å². The zero-order valence-electron chi connectivity index (χ0n) is 15.7. The van der Waals surface area contributed by atoms with E-state index in [9.17, 15) is 23.2 Å². The van der Waals surface area contributed by atoms with Gasteiger partial charge in [-0.1, -0.05) is 37.1 Å². The number of hydrogen-bond acceptors (Lipinski definition) is 3. The Morgan fingerprint density at radius 2 is 2.00 bits per heavy atom. The van der Waals surface area contributed by atoms with E-state index in [2.05, 4.69) is 5.10 Å². The minimum Gasteiger partial charge on any atom is -0.266 e. The van der Waals surface area contributed by atoms with Gasteiger partial charge in [-0.2, -0.15) is 28.2 Å². The zero-order valence-corrected chi connectivity index (χ0v) is 15.7. The van der Waals surface area contributed by atoms with Crippen LogP contribution in [0.15, 0.2) is 40.2 Å². The number of rotatable bonds is 2. The lowest BCUT2D eigenvalue weighted by Crippen LogP contribution is -2.28. The van der Waals surface area contributed by atoms with Crippen molar-refractivity contribution in [3.05, 3.63) is 57.4 Å². The molecule has 1 aliphatic rings. The number of benzene rings is 1. The van der Waals surface area contributed by atoms with Gasteiger partial charge in [0.2, 0.25) is 0 Å². The maximum Gasteiger partial charge on any atom is 0.417 e. The molecule has 4 nitrogen and oxygen atoms in total. The minimum absolute atomic E-state index is 0.0327. The van der Waals surface area contributed by atoms with E-state index in [1.54, 1.807) is 18.2 Å². The van der Waals surface area contributed by atoms with Gasteiger partial charge < -0.3 is 0 Å². The molecule has 0 amide bonds. The molecule has 1 unspecified atom stereocenters. The fourth-order valence-corrected chi connectivity index (χ4v) is 3.49. The molecule has 146 valence electrons. The molecule has 1 aliphatic carbocycles. The summed E-state index contributed by atoms with van der Waals surface area (Å²) in [5.41, 5.74) is -1.12. The predicted molar refractivity (Wildman–Crippen MR) is 101 cm³/mol. The molecular formula is C21H20F3N3O. The Morgan fingerprint density at radius 3 is 2.61 bits per heavy atom. The molecule has 0 radical (unpaired) electrons. The molecule has 1 atom stereocenters. The maximum atomic E-state index is 13.5. The highest BCUT2D eigenvalue weighted by Gasteiger charge is 2.36. The van der Waals surface area contributed by atoms with Gasteiger partial charge >= 0.3 is 6.18 Å². The second-order valence-electron chi connectivity index (χ2n) is 7.15. The summed E-state index contributed by atoms with van der Waals surface area (Å²) in [5, 5.41) is 13.7. The first-order chi connectivity index (χ1) is 13.2. The summed E-state index contributed by atoms with van der Waals surface area (Å²) in [5.74, 6) is 0.138. The molecule has 3 rings (SSSR count). The van der Waals surface area contributed by atoms with Crippen LogP contribution in [0.1, 0.15) is 49.3 Å².